The lowest BCUT2D eigenvalue weighted by Crippen LogP contribution is -2.48. The van der Waals surface area contributed by atoms with Crippen LogP contribution in [0.25, 0.3) is 0 Å². The minimum atomic E-state index is -0.521. The zero-order valence-corrected chi connectivity index (χ0v) is 9.67. The van der Waals surface area contributed by atoms with Crippen LogP contribution in [0.5, 0.6) is 0 Å². The average Bonchev–Trinajstić information content (AvgIpc) is 3.18. The van der Waals surface area contributed by atoms with Gasteiger partial charge in [0.05, 0.1) is 19.1 Å². The Bertz CT molecular complexity index is 382. The van der Waals surface area contributed by atoms with Crippen molar-refractivity contribution < 1.29 is 14.3 Å². The van der Waals surface area contributed by atoms with E-state index in [9.17, 15) is 4.79 Å². The minimum absolute atomic E-state index is 0.207. The van der Waals surface area contributed by atoms with E-state index in [1.54, 1.807) is 0 Å². The van der Waals surface area contributed by atoms with Crippen LogP contribution in [-0.4, -0.2) is 30.8 Å². The molecule has 0 aromatic heterocycles. The molecule has 2 N–H and O–H groups in total. The van der Waals surface area contributed by atoms with Crippen LogP contribution in [0.3, 0.4) is 0 Å². The van der Waals surface area contributed by atoms with Crippen LogP contribution >= 0.6 is 0 Å². The standard InChI is InChI=1S/C13H17NO3/c14-12(15)11-3-1-2-6-13(11,9-4-5-9)17-8-10-7-16-10/h1-3,6,9-11H,4-5,7-8H2,(H2,14,15)/t10-,11?,13?/m0/s1. The van der Waals surface area contributed by atoms with Gasteiger partial charge in [0.1, 0.15) is 11.7 Å². The van der Waals surface area contributed by atoms with Crippen LogP contribution in [0.1, 0.15) is 12.8 Å². The van der Waals surface area contributed by atoms with Crippen LogP contribution in [0, 0.1) is 11.8 Å². The molecule has 1 amide bonds. The highest BCUT2D eigenvalue weighted by Gasteiger charge is 2.52. The number of primary amides is 1. The summed E-state index contributed by atoms with van der Waals surface area (Å²) in [6.45, 7) is 1.32. The Morgan fingerprint density at radius 1 is 1.47 bits per heavy atom. The molecule has 1 saturated carbocycles. The maximum atomic E-state index is 11.6. The molecule has 4 heteroatoms. The van der Waals surface area contributed by atoms with Crippen molar-refractivity contribution in [1.29, 1.82) is 0 Å². The molecular formula is C13H17NO3. The number of hydrogen-bond donors (Lipinski definition) is 1. The summed E-state index contributed by atoms with van der Waals surface area (Å²) in [5.74, 6) is -0.243. The van der Waals surface area contributed by atoms with Crippen molar-refractivity contribution in [3.05, 3.63) is 24.3 Å². The lowest BCUT2D eigenvalue weighted by Gasteiger charge is -2.37. The molecule has 1 aliphatic heterocycles. The Balaban J connectivity index is 1.82. The summed E-state index contributed by atoms with van der Waals surface area (Å²) >= 11 is 0. The molecule has 1 saturated heterocycles. The van der Waals surface area contributed by atoms with Crippen LogP contribution in [0.4, 0.5) is 0 Å². The number of hydrogen-bond acceptors (Lipinski definition) is 3. The Morgan fingerprint density at radius 3 is 2.82 bits per heavy atom. The van der Waals surface area contributed by atoms with E-state index in [4.69, 9.17) is 15.2 Å². The van der Waals surface area contributed by atoms with Gasteiger partial charge in [-0.3, -0.25) is 4.79 Å². The highest BCUT2D eigenvalue weighted by molar-refractivity contribution is 5.81. The number of allylic oxidation sites excluding steroid dienone is 2. The van der Waals surface area contributed by atoms with Crippen molar-refractivity contribution in [2.24, 2.45) is 17.6 Å². The number of nitrogens with two attached hydrogens (primary N) is 1. The van der Waals surface area contributed by atoms with Crippen molar-refractivity contribution >= 4 is 5.91 Å². The van der Waals surface area contributed by atoms with Crippen molar-refractivity contribution in [3.8, 4) is 0 Å². The second-order valence-electron chi connectivity index (χ2n) is 5.02. The predicted molar refractivity (Wildman–Crippen MR) is 62.1 cm³/mol. The van der Waals surface area contributed by atoms with Crippen molar-refractivity contribution in [3.63, 3.8) is 0 Å². The molecule has 3 aliphatic rings. The Kier molecular flexibility index (Phi) is 2.56. The topological polar surface area (TPSA) is 64.9 Å². The second-order valence-corrected chi connectivity index (χ2v) is 5.02. The molecule has 3 rings (SSSR count). The van der Waals surface area contributed by atoms with Crippen molar-refractivity contribution in [2.75, 3.05) is 13.2 Å². The Labute approximate surface area is 100 Å². The minimum Gasteiger partial charge on any atom is -0.371 e. The molecule has 2 fully saturated rings. The van der Waals surface area contributed by atoms with Crippen LogP contribution < -0.4 is 5.73 Å². The fourth-order valence-corrected chi connectivity index (χ4v) is 2.53. The summed E-state index contributed by atoms with van der Waals surface area (Å²) in [5, 5.41) is 0. The van der Waals surface area contributed by atoms with Gasteiger partial charge in [-0.15, -0.1) is 0 Å². The maximum absolute atomic E-state index is 11.6. The van der Waals surface area contributed by atoms with Gasteiger partial charge in [-0.1, -0.05) is 24.3 Å². The zero-order valence-electron chi connectivity index (χ0n) is 9.67. The summed E-state index contributed by atoms with van der Waals surface area (Å²) in [4.78, 5) is 11.6. The normalized spacial score (nSPS) is 39.3. The molecule has 2 aliphatic carbocycles. The van der Waals surface area contributed by atoms with Gasteiger partial charge in [0.25, 0.3) is 0 Å². The van der Waals surface area contributed by atoms with Gasteiger partial charge >= 0.3 is 0 Å². The first-order valence-electron chi connectivity index (χ1n) is 6.13. The molecule has 4 nitrogen and oxygen atoms in total. The average molecular weight is 235 g/mol. The van der Waals surface area contributed by atoms with E-state index >= 15 is 0 Å². The van der Waals surface area contributed by atoms with E-state index in [2.05, 4.69) is 0 Å². The molecule has 0 bridgehead atoms. The first kappa shape index (κ1) is 11.0. The number of carbonyl (C=O) groups excluding carboxylic acids is 1. The molecule has 0 aromatic carbocycles. The smallest absolute Gasteiger partial charge is 0.227 e. The SMILES string of the molecule is NC(=O)C1C=CC=CC1(OC[C@@H]1CO1)C1CC1. The number of carbonyl (C=O) groups is 1. The summed E-state index contributed by atoms with van der Waals surface area (Å²) in [6, 6.07) is 0. The van der Waals surface area contributed by atoms with Gasteiger partial charge in [0, 0.05) is 0 Å². The Morgan fingerprint density at radius 2 is 2.24 bits per heavy atom. The molecule has 2 unspecified atom stereocenters. The molecule has 0 radical (unpaired) electrons. The summed E-state index contributed by atoms with van der Waals surface area (Å²) < 4.78 is 11.2. The first-order valence-corrected chi connectivity index (χ1v) is 6.13. The van der Waals surface area contributed by atoms with E-state index in [0.29, 0.717) is 12.5 Å². The molecule has 0 aromatic rings. The summed E-state index contributed by atoms with van der Waals surface area (Å²) in [5.41, 5.74) is 4.97. The van der Waals surface area contributed by atoms with Gasteiger partial charge in [-0.05, 0) is 18.8 Å². The highest BCUT2D eigenvalue weighted by atomic mass is 16.6. The zero-order chi connectivity index (χ0) is 11.9. The fourth-order valence-electron chi connectivity index (χ4n) is 2.53. The lowest BCUT2D eigenvalue weighted by molar-refractivity contribution is -0.132. The van der Waals surface area contributed by atoms with E-state index in [-0.39, 0.29) is 17.9 Å². The summed E-state index contributed by atoms with van der Waals surface area (Å²) in [7, 11) is 0. The number of amides is 1. The van der Waals surface area contributed by atoms with Crippen LogP contribution in [0.15, 0.2) is 24.3 Å². The first-order chi connectivity index (χ1) is 8.22. The van der Waals surface area contributed by atoms with E-state index in [1.807, 2.05) is 24.3 Å². The second kappa shape index (κ2) is 3.96. The van der Waals surface area contributed by atoms with Crippen molar-refractivity contribution in [2.45, 2.75) is 24.5 Å². The number of ether oxygens (including phenoxy) is 2. The van der Waals surface area contributed by atoms with E-state index in [0.717, 1.165) is 19.4 Å². The quantitative estimate of drug-likeness (QED) is 0.716. The maximum Gasteiger partial charge on any atom is 0.227 e. The van der Waals surface area contributed by atoms with Gasteiger partial charge in [0.15, 0.2) is 0 Å². The fraction of sp³-hybridized carbons (Fsp3) is 0.615. The third-order valence-electron chi connectivity index (χ3n) is 3.70. The van der Waals surface area contributed by atoms with Gasteiger partial charge in [-0.2, -0.15) is 0 Å². The molecule has 92 valence electrons. The molecule has 17 heavy (non-hydrogen) atoms. The number of rotatable bonds is 5. The van der Waals surface area contributed by atoms with E-state index in [1.165, 1.54) is 0 Å². The predicted octanol–water partition coefficient (Wildman–Crippen LogP) is 0.778. The van der Waals surface area contributed by atoms with E-state index < -0.39 is 5.60 Å². The summed E-state index contributed by atoms with van der Waals surface area (Å²) in [6.07, 6.45) is 10.1. The molecule has 0 spiro atoms. The van der Waals surface area contributed by atoms with Crippen LogP contribution in [0.2, 0.25) is 0 Å². The highest BCUT2D eigenvalue weighted by Crippen LogP contribution is 2.48. The molecule has 1 heterocycles. The third-order valence-corrected chi connectivity index (χ3v) is 3.70. The largest absolute Gasteiger partial charge is 0.371 e. The lowest BCUT2D eigenvalue weighted by atomic mass is 9.79. The van der Waals surface area contributed by atoms with Crippen molar-refractivity contribution in [1.82, 2.24) is 0 Å². The number of epoxide rings is 1. The third kappa shape index (κ3) is 2.03. The Hall–Kier alpha value is -1.13. The molecule has 3 atom stereocenters. The van der Waals surface area contributed by atoms with Crippen LogP contribution in [-0.2, 0) is 14.3 Å². The molecular weight excluding hydrogens is 218 g/mol. The van der Waals surface area contributed by atoms with Gasteiger partial charge < -0.3 is 15.2 Å². The monoisotopic (exact) mass is 235 g/mol. The van der Waals surface area contributed by atoms with Gasteiger partial charge in [-0.25, -0.2) is 0 Å². The van der Waals surface area contributed by atoms with Gasteiger partial charge in [0.2, 0.25) is 5.91 Å².